The number of cyclic esters (lactones) is 1. The Morgan fingerprint density at radius 3 is 2.70 bits per heavy atom. The Balaban J connectivity index is 1.49. The number of fused-ring (bicyclic) bond motifs is 1. The molecule has 1 atom stereocenters. The van der Waals surface area contributed by atoms with Gasteiger partial charge < -0.3 is 15.4 Å². The number of anilines is 3. The smallest absolute Gasteiger partial charge is 0.414 e. The molecule has 0 saturated carbocycles. The number of alkyl halides is 2. The number of hydrogen-bond acceptors (Lipinski definition) is 6. The molecule has 8 nitrogen and oxygen atoms in total. The molecular formula is C22H17F3N4O4. The molecule has 3 aromatic rings. The Hall–Kier alpha value is -4.15. The minimum atomic E-state index is -3.18. The third-order valence-corrected chi connectivity index (χ3v) is 4.94. The predicted molar refractivity (Wildman–Crippen MR) is 114 cm³/mol. The number of rotatable bonds is 6. The van der Waals surface area contributed by atoms with Crippen molar-refractivity contribution in [1.29, 1.82) is 0 Å². The first-order valence-electron chi connectivity index (χ1n) is 9.81. The molecule has 2 N–H and O–H groups in total. The van der Waals surface area contributed by atoms with Crippen LogP contribution in [0.1, 0.15) is 0 Å². The summed E-state index contributed by atoms with van der Waals surface area (Å²) in [5.41, 5.74) is 0.549. The molecule has 0 spiro atoms. The van der Waals surface area contributed by atoms with E-state index in [9.17, 15) is 27.6 Å². The van der Waals surface area contributed by atoms with Gasteiger partial charge in [0.25, 0.3) is 5.91 Å². The van der Waals surface area contributed by atoms with Gasteiger partial charge in [-0.05, 0) is 42.5 Å². The molecule has 0 radical (unpaired) electrons. The van der Waals surface area contributed by atoms with Crippen LogP contribution in [0.2, 0.25) is 0 Å². The second-order valence-corrected chi connectivity index (χ2v) is 7.18. The normalized spacial score (nSPS) is 15.6. The zero-order chi connectivity index (χ0) is 23.5. The van der Waals surface area contributed by atoms with Crippen LogP contribution < -0.4 is 21.0 Å². The molecule has 2 amide bonds. The Kier molecular flexibility index (Phi) is 6.11. The summed E-state index contributed by atoms with van der Waals surface area (Å²) < 4.78 is 44.3. The van der Waals surface area contributed by atoms with Gasteiger partial charge >= 0.3 is 12.5 Å². The zero-order valence-electron chi connectivity index (χ0n) is 16.9. The Morgan fingerprint density at radius 1 is 1.15 bits per heavy atom. The second-order valence-electron chi connectivity index (χ2n) is 7.18. The maximum Gasteiger partial charge on any atom is 0.414 e. The van der Waals surface area contributed by atoms with Gasteiger partial charge in [0.05, 0.1) is 35.7 Å². The lowest BCUT2D eigenvalue weighted by Crippen LogP contribution is -2.37. The number of aromatic nitrogens is 1. The Labute approximate surface area is 185 Å². The predicted octanol–water partition coefficient (Wildman–Crippen LogP) is 3.18. The quantitative estimate of drug-likeness (QED) is 0.589. The molecule has 0 aliphatic carbocycles. The Bertz CT molecular complexity index is 1290. The maximum absolute atomic E-state index is 14.8. The van der Waals surface area contributed by atoms with Crippen molar-refractivity contribution in [3.8, 4) is 0 Å². The highest BCUT2D eigenvalue weighted by Gasteiger charge is 2.33. The van der Waals surface area contributed by atoms with Crippen molar-refractivity contribution in [1.82, 2.24) is 10.3 Å². The minimum absolute atomic E-state index is 0.00683. The van der Waals surface area contributed by atoms with E-state index in [0.29, 0.717) is 10.9 Å². The van der Waals surface area contributed by atoms with Crippen LogP contribution in [-0.2, 0) is 9.53 Å². The second kappa shape index (κ2) is 9.15. The molecule has 11 heteroatoms. The van der Waals surface area contributed by atoms with Crippen LogP contribution in [0.15, 0.2) is 59.5 Å². The number of carbonyl (C=O) groups is 2. The first-order valence-corrected chi connectivity index (χ1v) is 9.81. The standard InChI is InChI=1S/C22H17F3N4O4/c23-15-9-13(29-11-14(33-22(29)32)10-27-21(31)20(24)25)3-4-17(15)28-18-6-5-16-12(8-19(18)30)2-1-7-26-16/h1-9,14,20H,10-11H2,(H,27,31)(H,28,30)/t14-/m0/s1. The number of carbonyl (C=O) groups excluding carboxylic acids is 2. The average Bonchev–Trinajstić information content (AvgIpc) is 3.08. The summed E-state index contributed by atoms with van der Waals surface area (Å²) in [7, 11) is 0. The van der Waals surface area contributed by atoms with Gasteiger partial charge in [0.15, 0.2) is 0 Å². The van der Waals surface area contributed by atoms with E-state index in [4.69, 9.17) is 4.74 Å². The van der Waals surface area contributed by atoms with Crippen LogP contribution >= 0.6 is 0 Å². The van der Waals surface area contributed by atoms with Gasteiger partial charge in [-0.1, -0.05) is 6.07 Å². The van der Waals surface area contributed by atoms with Gasteiger partial charge in [-0.2, -0.15) is 8.78 Å². The van der Waals surface area contributed by atoms with E-state index in [-0.39, 0.29) is 35.6 Å². The third-order valence-electron chi connectivity index (χ3n) is 4.94. The fourth-order valence-corrected chi connectivity index (χ4v) is 3.31. The SMILES string of the molecule is O=C(NC[C@H]1CN(c2ccc(Nc3ccc4ncccc4cc3=O)c(F)c2)C(=O)O1)C(F)F. The van der Waals surface area contributed by atoms with E-state index in [0.717, 1.165) is 11.0 Å². The first kappa shape index (κ1) is 22.1. The van der Waals surface area contributed by atoms with Crippen LogP contribution in [-0.4, -0.2) is 42.6 Å². The van der Waals surface area contributed by atoms with Crippen molar-refractivity contribution in [2.75, 3.05) is 23.3 Å². The van der Waals surface area contributed by atoms with Crippen LogP contribution in [0.5, 0.6) is 0 Å². The van der Waals surface area contributed by atoms with Crippen LogP contribution in [0.4, 0.5) is 35.0 Å². The van der Waals surface area contributed by atoms with E-state index < -0.39 is 30.3 Å². The first-order chi connectivity index (χ1) is 15.8. The average molecular weight is 458 g/mol. The number of hydrogen-bond donors (Lipinski definition) is 2. The van der Waals surface area contributed by atoms with Crippen molar-refractivity contribution < 1.29 is 27.5 Å². The molecule has 1 aliphatic rings. The van der Waals surface area contributed by atoms with Gasteiger partial charge in [0.2, 0.25) is 5.43 Å². The summed E-state index contributed by atoms with van der Waals surface area (Å²) in [6.07, 6.45) is -3.25. The highest BCUT2D eigenvalue weighted by Crippen LogP contribution is 2.27. The molecule has 1 saturated heterocycles. The molecule has 0 unspecified atom stereocenters. The molecule has 2 aromatic carbocycles. The van der Waals surface area contributed by atoms with E-state index >= 15 is 0 Å². The fourth-order valence-electron chi connectivity index (χ4n) is 3.31. The minimum Gasteiger partial charge on any atom is -0.442 e. The summed E-state index contributed by atoms with van der Waals surface area (Å²) in [5.74, 6) is -2.20. The van der Waals surface area contributed by atoms with Crippen LogP contribution in [0.25, 0.3) is 10.9 Å². The summed E-state index contributed by atoms with van der Waals surface area (Å²) in [5, 5.41) is 5.36. The highest BCUT2D eigenvalue weighted by molar-refractivity contribution is 5.90. The van der Waals surface area contributed by atoms with Gasteiger partial charge in [-0.25, -0.2) is 9.18 Å². The largest absolute Gasteiger partial charge is 0.442 e. The lowest BCUT2D eigenvalue weighted by Gasteiger charge is -2.15. The van der Waals surface area contributed by atoms with E-state index in [1.807, 2.05) is 5.32 Å². The summed E-state index contributed by atoms with van der Waals surface area (Å²) >= 11 is 0. The van der Waals surface area contributed by atoms with Crippen molar-refractivity contribution in [2.24, 2.45) is 0 Å². The molecular weight excluding hydrogens is 441 g/mol. The van der Waals surface area contributed by atoms with Crippen LogP contribution in [0.3, 0.4) is 0 Å². The molecule has 1 aliphatic heterocycles. The third kappa shape index (κ3) is 4.86. The number of ether oxygens (including phenoxy) is 1. The van der Waals surface area contributed by atoms with Crippen LogP contribution in [0, 0.1) is 5.82 Å². The number of amides is 2. The summed E-state index contributed by atoms with van der Waals surface area (Å²) in [6.45, 7) is -0.360. The molecule has 0 bridgehead atoms. The van der Waals surface area contributed by atoms with E-state index in [1.54, 1.807) is 24.4 Å². The number of halogens is 3. The number of benzene rings is 1. The van der Waals surface area contributed by atoms with Gasteiger partial charge in [-0.3, -0.25) is 19.5 Å². The Morgan fingerprint density at radius 2 is 1.94 bits per heavy atom. The van der Waals surface area contributed by atoms with Crippen molar-refractivity contribution in [3.63, 3.8) is 0 Å². The van der Waals surface area contributed by atoms with Crippen molar-refractivity contribution in [3.05, 3.63) is 70.8 Å². The number of pyridine rings is 1. The summed E-state index contributed by atoms with van der Waals surface area (Å²) in [6, 6.07) is 11.9. The fraction of sp³-hybridized carbons (Fsp3) is 0.182. The lowest BCUT2D eigenvalue weighted by molar-refractivity contribution is -0.132. The summed E-state index contributed by atoms with van der Waals surface area (Å²) in [4.78, 5) is 40.9. The molecule has 4 rings (SSSR count). The van der Waals surface area contributed by atoms with Gasteiger partial charge in [0.1, 0.15) is 11.9 Å². The molecule has 33 heavy (non-hydrogen) atoms. The molecule has 1 aromatic heterocycles. The monoisotopic (exact) mass is 458 g/mol. The molecule has 170 valence electrons. The van der Waals surface area contributed by atoms with Gasteiger partial charge in [0, 0.05) is 11.6 Å². The zero-order valence-corrected chi connectivity index (χ0v) is 16.9. The van der Waals surface area contributed by atoms with E-state index in [2.05, 4.69) is 10.3 Å². The number of nitrogens with zero attached hydrogens (tertiary/aromatic N) is 2. The topological polar surface area (TPSA) is 101 Å². The number of nitrogens with one attached hydrogen (secondary N) is 2. The maximum atomic E-state index is 14.8. The molecule has 2 heterocycles. The van der Waals surface area contributed by atoms with Crippen molar-refractivity contribution in [2.45, 2.75) is 12.5 Å². The highest BCUT2D eigenvalue weighted by atomic mass is 19.3. The van der Waals surface area contributed by atoms with Gasteiger partial charge in [-0.15, -0.1) is 0 Å². The molecule has 1 fully saturated rings. The lowest BCUT2D eigenvalue weighted by atomic mass is 10.2. The van der Waals surface area contributed by atoms with Crippen molar-refractivity contribution >= 4 is 40.0 Å². The van der Waals surface area contributed by atoms with E-state index in [1.165, 1.54) is 24.3 Å².